The third-order valence-electron chi connectivity index (χ3n) is 0.888. The number of nitrogens with zero attached hydrogens (tertiary/aromatic N) is 1. The molecule has 0 unspecified atom stereocenters. The van der Waals surface area contributed by atoms with E-state index in [1.807, 2.05) is 0 Å². The third kappa shape index (κ3) is 5.96. The lowest BCUT2D eigenvalue weighted by Gasteiger charge is -2.01. The minimum Gasteiger partial charge on any atom is -0.433 e. The second-order valence-corrected chi connectivity index (χ2v) is 3.15. The van der Waals surface area contributed by atoms with Crippen LogP contribution in [0.25, 0.3) is 0 Å². The monoisotopic (exact) mass is 247 g/mol. The smallest absolute Gasteiger partial charge is 0.433 e. The molecular weight excluding hydrogens is 240 g/mol. The maximum absolute atomic E-state index is 10.6. The van der Waals surface area contributed by atoms with Crippen molar-refractivity contribution >= 4 is 46.7 Å². The van der Waals surface area contributed by atoms with Crippen LogP contribution in [-0.2, 0) is 9.57 Å². The van der Waals surface area contributed by atoms with Gasteiger partial charge in [-0.1, -0.05) is 28.4 Å². The van der Waals surface area contributed by atoms with Crippen molar-refractivity contribution in [3.63, 3.8) is 0 Å². The first-order valence-electron chi connectivity index (χ1n) is 3.36. The zero-order valence-corrected chi connectivity index (χ0v) is 9.07. The summed E-state index contributed by atoms with van der Waals surface area (Å²) in [5, 5.41) is 3.31. The summed E-state index contributed by atoms with van der Waals surface area (Å²) in [7, 11) is 0. The first-order valence-corrected chi connectivity index (χ1v) is 4.77. The van der Waals surface area contributed by atoms with Crippen LogP contribution < -0.4 is 0 Å². The number of hydrogen-bond acceptors (Lipinski definition) is 4. The fourth-order valence-electron chi connectivity index (χ4n) is 0.363. The van der Waals surface area contributed by atoms with Crippen LogP contribution in [0.1, 0.15) is 6.92 Å². The summed E-state index contributed by atoms with van der Waals surface area (Å²) in [6.45, 7) is 1.84. The molecule has 0 radical (unpaired) electrons. The average molecular weight is 248 g/mol. The van der Waals surface area contributed by atoms with E-state index in [0.29, 0.717) is 0 Å². The van der Waals surface area contributed by atoms with E-state index in [1.54, 1.807) is 6.92 Å². The van der Waals surface area contributed by atoms with Crippen LogP contribution in [0.15, 0.2) is 5.16 Å². The van der Waals surface area contributed by atoms with Crippen molar-refractivity contribution in [2.75, 3.05) is 12.5 Å². The van der Waals surface area contributed by atoms with Gasteiger partial charge in [-0.05, 0) is 6.92 Å². The number of halogens is 3. The third-order valence-corrected chi connectivity index (χ3v) is 1.67. The molecule has 0 N–H and O–H groups in total. The molecule has 0 saturated heterocycles. The van der Waals surface area contributed by atoms with Crippen LogP contribution in [0, 0.1) is 0 Å². The largest absolute Gasteiger partial charge is 0.535 e. The van der Waals surface area contributed by atoms with Crippen LogP contribution in [0.2, 0.25) is 0 Å². The van der Waals surface area contributed by atoms with Crippen LogP contribution in [-0.4, -0.2) is 29.2 Å². The van der Waals surface area contributed by atoms with Crippen LogP contribution in [0.3, 0.4) is 0 Å². The highest BCUT2D eigenvalue weighted by Gasteiger charge is 2.10. The first-order chi connectivity index (χ1) is 6.11. The summed E-state index contributed by atoms with van der Waals surface area (Å²) in [6.07, 6.45) is -0.917. The summed E-state index contributed by atoms with van der Waals surface area (Å²) >= 11 is 16.2. The van der Waals surface area contributed by atoms with Gasteiger partial charge in [0.15, 0.2) is 0 Å². The molecule has 0 saturated carbocycles. The number of rotatable bonds is 4. The van der Waals surface area contributed by atoms with Crippen molar-refractivity contribution in [1.82, 2.24) is 0 Å². The molecule has 0 bridgehead atoms. The van der Waals surface area contributed by atoms with Crippen molar-refractivity contribution in [2.24, 2.45) is 5.16 Å². The fraction of sp³-hybridized carbons (Fsp3) is 0.667. The molecule has 0 atom stereocenters. The van der Waals surface area contributed by atoms with Crippen molar-refractivity contribution in [1.29, 1.82) is 0 Å². The molecule has 4 nitrogen and oxygen atoms in total. The van der Waals surface area contributed by atoms with Crippen LogP contribution in [0.5, 0.6) is 0 Å². The van der Waals surface area contributed by atoms with E-state index >= 15 is 0 Å². The Morgan fingerprint density at radius 2 is 2.15 bits per heavy atom. The molecule has 0 aliphatic carbocycles. The van der Waals surface area contributed by atoms with Gasteiger partial charge in [0, 0.05) is 0 Å². The standard InChI is InChI=1S/C6H8Cl3NO3/c1-2-12-6(11)13-10-4(3-7)5(8)9/h5H,2-3H2,1H3. The summed E-state index contributed by atoms with van der Waals surface area (Å²) in [5.74, 6) is -0.0168. The molecule has 0 heterocycles. The number of carbonyl (C=O) groups excluding carboxylic acids is 1. The second-order valence-electron chi connectivity index (χ2n) is 1.79. The molecule has 76 valence electrons. The number of hydrogen-bond donors (Lipinski definition) is 0. The van der Waals surface area contributed by atoms with Gasteiger partial charge in [0.2, 0.25) is 0 Å². The van der Waals surface area contributed by atoms with E-state index in [-0.39, 0.29) is 18.2 Å². The van der Waals surface area contributed by atoms with Gasteiger partial charge >= 0.3 is 6.16 Å². The van der Waals surface area contributed by atoms with E-state index in [9.17, 15) is 4.79 Å². The Hall–Kier alpha value is -0.190. The maximum atomic E-state index is 10.6. The molecule has 0 rings (SSSR count). The molecule has 0 spiro atoms. The SMILES string of the molecule is CCOC(=O)ON=C(CCl)C(Cl)Cl. The summed E-state index contributed by atoms with van der Waals surface area (Å²) in [6, 6.07) is 0. The van der Waals surface area contributed by atoms with Gasteiger partial charge < -0.3 is 4.74 Å². The van der Waals surface area contributed by atoms with Crippen LogP contribution >= 0.6 is 34.8 Å². The van der Waals surface area contributed by atoms with Gasteiger partial charge in [-0.3, -0.25) is 4.84 Å². The van der Waals surface area contributed by atoms with Gasteiger partial charge in [-0.15, -0.1) is 11.6 Å². The van der Waals surface area contributed by atoms with E-state index in [4.69, 9.17) is 34.8 Å². The molecule has 0 fully saturated rings. The first kappa shape index (κ1) is 12.8. The minimum atomic E-state index is -0.917. The Labute approximate surface area is 90.7 Å². The molecule has 0 amide bonds. The molecular formula is C6H8Cl3NO3. The number of alkyl halides is 3. The van der Waals surface area contributed by atoms with Gasteiger partial charge in [0.05, 0.1) is 12.5 Å². The molecule has 7 heteroatoms. The van der Waals surface area contributed by atoms with Gasteiger partial charge in [-0.25, -0.2) is 4.79 Å². The lowest BCUT2D eigenvalue weighted by molar-refractivity contribution is 0.0612. The highest BCUT2D eigenvalue weighted by atomic mass is 35.5. The fourth-order valence-corrected chi connectivity index (χ4v) is 0.958. The van der Waals surface area contributed by atoms with Crippen molar-refractivity contribution < 1.29 is 14.4 Å². The predicted molar refractivity (Wildman–Crippen MR) is 51.8 cm³/mol. The van der Waals surface area contributed by atoms with Gasteiger partial charge in [0.25, 0.3) is 0 Å². The minimum absolute atomic E-state index is 0.0168. The average Bonchev–Trinajstić information content (AvgIpc) is 2.05. The van der Waals surface area contributed by atoms with E-state index in [2.05, 4.69) is 14.7 Å². The van der Waals surface area contributed by atoms with Crippen molar-refractivity contribution in [3.8, 4) is 0 Å². The number of oxime groups is 1. The Bertz CT molecular complexity index is 196. The molecule has 0 aromatic heterocycles. The summed E-state index contributed by atoms with van der Waals surface area (Å²) in [5.41, 5.74) is 0.151. The van der Waals surface area contributed by atoms with Gasteiger partial charge in [0.1, 0.15) is 10.5 Å². The zero-order chi connectivity index (χ0) is 10.3. The zero-order valence-electron chi connectivity index (χ0n) is 6.80. The predicted octanol–water partition coefficient (Wildman–Crippen LogP) is 2.56. The van der Waals surface area contributed by atoms with E-state index in [0.717, 1.165) is 0 Å². The Morgan fingerprint density at radius 1 is 1.54 bits per heavy atom. The van der Waals surface area contributed by atoms with Crippen molar-refractivity contribution in [2.45, 2.75) is 11.8 Å². The quantitative estimate of drug-likeness (QED) is 0.253. The van der Waals surface area contributed by atoms with E-state index < -0.39 is 11.0 Å². The Balaban J connectivity index is 3.99. The molecule has 0 aliphatic rings. The number of carbonyl (C=O) groups is 1. The number of ether oxygens (including phenoxy) is 1. The molecule has 13 heavy (non-hydrogen) atoms. The topological polar surface area (TPSA) is 47.9 Å². The second kappa shape index (κ2) is 7.24. The molecule has 0 aromatic rings. The highest BCUT2D eigenvalue weighted by Crippen LogP contribution is 2.06. The summed E-state index contributed by atoms with van der Waals surface area (Å²) < 4.78 is 4.42. The Kier molecular flexibility index (Phi) is 7.13. The molecule has 0 aromatic carbocycles. The lowest BCUT2D eigenvalue weighted by atomic mass is 10.5. The van der Waals surface area contributed by atoms with Crippen LogP contribution in [0.4, 0.5) is 4.79 Å². The van der Waals surface area contributed by atoms with E-state index in [1.165, 1.54) is 0 Å². The lowest BCUT2D eigenvalue weighted by Crippen LogP contribution is -2.13. The highest BCUT2D eigenvalue weighted by molar-refractivity contribution is 6.56. The normalized spacial score (nSPS) is 11.6. The van der Waals surface area contributed by atoms with Crippen molar-refractivity contribution in [3.05, 3.63) is 0 Å². The Morgan fingerprint density at radius 3 is 2.54 bits per heavy atom. The maximum Gasteiger partial charge on any atom is 0.535 e. The summed E-state index contributed by atoms with van der Waals surface area (Å²) in [4.78, 5) is 14.0. The molecule has 0 aliphatic heterocycles. The van der Waals surface area contributed by atoms with Gasteiger partial charge in [-0.2, -0.15) is 0 Å².